The van der Waals surface area contributed by atoms with Crippen molar-refractivity contribution in [1.29, 1.82) is 0 Å². The van der Waals surface area contributed by atoms with Gasteiger partial charge in [0.05, 0.1) is 5.56 Å². The molecule has 0 aliphatic heterocycles. The lowest BCUT2D eigenvalue weighted by atomic mass is 10.1. The first kappa shape index (κ1) is 12.6. The van der Waals surface area contributed by atoms with E-state index in [1.165, 1.54) is 18.2 Å². The number of rotatable bonds is 4. The van der Waals surface area contributed by atoms with Crippen LogP contribution in [0.3, 0.4) is 0 Å². The van der Waals surface area contributed by atoms with E-state index in [0.29, 0.717) is 11.4 Å². The van der Waals surface area contributed by atoms with Crippen molar-refractivity contribution < 1.29 is 9.90 Å². The highest BCUT2D eigenvalue weighted by atomic mass is 35.5. The van der Waals surface area contributed by atoms with Gasteiger partial charge in [-0.3, -0.25) is 4.79 Å². The molecule has 0 aromatic heterocycles. The van der Waals surface area contributed by atoms with Crippen molar-refractivity contribution >= 4 is 17.5 Å². The molecule has 16 heavy (non-hydrogen) atoms. The third-order valence-corrected chi connectivity index (χ3v) is 2.34. The molecule has 0 heterocycles. The first-order valence-corrected chi connectivity index (χ1v) is 5.32. The predicted octanol–water partition coefficient (Wildman–Crippen LogP) is 2.74. The molecule has 0 spiro atoms. The highest BCUT2D eigenvalue weighted by molar-refractivity contribution is 6.31. The summed E-state index contributed by atoms with van der Waals surface area (Å²) in [5, 5.41) is 12.7. The number of hydrogen-bond acceptors (Lipinski definition) is 2. The monoisotopic (exact) mass is 239 g/mol. The van der Waals surface area contributed by atoms with Gasteiger partial charge in [0.15, 0.2) is 0 Å². The van der Waals surface area contributed by atoms with Crippen molar-refractivity contribution in [1.82, 2.24) is 5.32 Å². The van der Waals surface area contributed by atoms with E-state index in [0.717, 1.165) is 0 Å². The summed E-state index contributed by atoms with van der Waals surface area (Å²) in [6.45, 7) is 5.45. The standard InChI is InChI=1S/C12H14ClNO2/c1-3-4-8(2)14-12(16)10-7-9(13)5-6-11(10)15/h3,5-8,15H,1,4H2,2H3,(H,14,16). The van der Waals surface area contributed by atoms with E-state index in [9.17, 15) is 9.90 Å². The van der Waals surface area contributed by atoms with Crippen LogP contribution in [-0.2, 0) is 0 Å². The number of nitrogens with one attached hydrogen (secondary N) is 1. The molecule has 0 fully saturated rings. The molecule has 1 atom stereocenters. The second-order valence-electron chi connectivity index (χ2n) is 3.56. The summed E-state index contributed by atoms with van der Waals surface area (Å²) >= 11 is 5.75. The Morgan fingerprint density at radius 3 is 3.00 bits per heavy atom. The Balaban J connectivity index is 2.80. The molecule has 2 N–H and O–H groups in total. The van der Waals surface area contributed by atoms with E-state index in [-0.39, 0.29) is 23.3 Å². The van der Waals surface area contributed by atoms with Crippen LogP contribution < -0.4 is 5.32 Å². The van der Waals surface area contributed by atoms with E-state index in [1.807, 2.05) is 6.92 Å². The van der Waals surface area contributed by atoms with E-state index >= 15 is 0 Å². The van der Waals surface area contributed by atoms with Crippen molar-refractivity contribution in [2.24, 2.45) is 0 Å². The van der Waals surface area contributed by atoms with Gasteiger partial charge in [-0.15, -0.1) is 6.58 Å². The summed E-state index contributed by atoms with van der Waals surface area (Å²) in [7, 11) is 0. The van der Waals surface area contributed by atoms with Crippen molar-refractivity contribution in [2.45, 2.75) is 19.4 Å². The maximum atomic E-state index is 11.7. The van der Waals surface area contributed by atoms with Gasteiger partial charge in [-0.25, -0.2) is 0 Å². The second-order valence-corrected chi connectivity index (χ2v) is 4.00. The molecule has 1 aromatic rings. The van der Waals surface area contributed by atoms with Crippen LogP contribution in [0.1, 0.15) is 23.7 Å². The second kappa shape index (κ2) is 5.56. The molecule has 0 saturated carbocycles. The maximum absolute atomic E-state index is 11.7. The summed E-state index contributed by atoms with van der Waals surface area (Å²) < 4.78 is 0. The van der Waals surface area contributed by atoms with Gasteiger partial charge in [-0.2, -0.15) is 0 Å². The van der Waals surface area contributed by atoms with Crippen LogP contribution in [-0.4, -0.2) is 17.1 Å². The summed E-state index contributed by atoms with van der Waals surface area (Å²) in [6, 6.07) is 4.34. The molecular formula is C12H14ClNO2. The number of amides is 1. The third kappa shape index (κ3) is 3.28. The van der Waals surface area contributed by atoms with E-state index < -0.39 is 0 Å². The third-order valence-electron chi connectivity index (χ3n) is 2.10. The molecule has 0 aliphatic carbocycles. The summed E-state index contributed by atoms with van der Waals surface area (Å²) in [5.74, 6) is -0.415. The van der Waals surface area contributed by atoms with Crippen LogP contribution in [0.2, 0.25) is 5.02 Å². The van der Waals surface area contributed by atoms with Crippen LogP contribution in [0.4, 0.5) is 0 Å². The Bertz CT molecular complexity index is 404. The molecule has 1 aromatic carbocycles. The fourth-order valence-corrected chi connectivity index (χ4v) is 1.47. The maximum Gasteiger partial charge on any atom is 0.255 e. The SMILES string of the molecule is C=CCC(C)NC(=O)c1cc(Cl)ccc1O. The summed E-state index contributed by atoms with van der Waals surface area (Å²) in [5.41, 5.74) is 0.184. The van der Waals surface area contributed by atoms with E-state index in [4.69, 9.17) is 11.6 Å². The molecular weight excluding hydrogens is 226 g/mol. The Labute approximate surface area is 99.7 Å². The van der Waals surface area contributed by atoms with Crippen molar-refractivity contribution in [3.63, 3.8) is 0 Å². The zero-order chi connectivity index (χ0) is 12.1. The predicted molar refractivity (Wildman–Crippen MR) is 64.9 cm³/mol. The van der Waals surface area contributed by atoms with Gasteiger partial charge in [-0.1, -0.05) is 17.7 Å². The molecule has 1 amide bonds. The molecule has 86 valence electrons. The topological polar surface area (TPSA) is 49.3 Å². The quantitative estimate of drug-likeness (QED) is 0.794. The minimum atomic E-state index is -0.339. The largest absolute Gasteiger partial charge is 0.507 e. The molecule has 1 rings (SSSR count). The van der Waals surface area contributed by atoms with Gasteiger partial charge in [0.25, 0.3) is 5.91 Å². The summed E-state index contributed by atoms with van der Waals surface area (Å²) in [6.07, 6.45) is 2.40. The van der Waals surface area contributed by atoms with Crippen molar-refractivity contribution in [3.05, 3.63) is 41.4 Å². The number of carbonyl (C=O) groups excluding carboxylic acids is 1. The van der Waals surface area contributed by atoms with Crippen molar-refractivity contribution in [2.75, 3.05) is 0 Å². The van der Waals surface area contributed by atoms with Crippen molar-refractivity contribution in [3.8, 4) is 5.75 Å². The molecule has 0 radical (unpaired) electrons. The van der Waals surface area contributed by atoms with Gasteiger partial charge in [0, 0.05) is 11.1 Å². The lowest BCUT2D eigenvalue weighted by Crippen LogP contribution is -2.32. The van der Waals surface area contributed by atoms with Crippen LogP contribution in [0.5, 0.6) is 5.75 Å². The Morgan fingerprint density at radius 2 is 2.38 bits per heavy atom. The Morgan fingerprint density at radius 1 is 1.69 bits per heavy atom. The van der Waals surface area contributed by atoms with Crippen LogP contribution >= 0.6 is 11.6 Å². The average molecular weight is 240 g/mol. The molecule has 0 bridgehead atoms. The number of halogens is 1. The first-order chi connectivity index (χ1) is 7.54. The summed E-state index contributed by atoms with van der Waals surface area (Å²) in [4.78, 5) is 11.7. The zero-order valence-electron chi connectivity index (χ0n) is 9.03. The Hall–Kier alpha value is -1.48. The molecule has 4 heteroatoms. The van der Waals surface area contributed by atoms with Crippen LogP contribution in [0.15, 0.2) is 30.9 Å². The molecule has 3 nitrogen and oxygen atoms in total. The van der Waals surface area contributed by atoms with E-state index in [2.05, 4.69) is 11.9 Å². The number of aromatic hydroxyl groups is 1. The smallest absolute Gasteiger partial charge is 0.255 e. The highest BCUT2D eigenvalue weighted by Gasteiger charge is 2.13. The lowest BCUT2D eigenvalue weighted by Gasteiger charge is -2.12. The highest BCUT2D eigenvalue weighted by Crippen LogP contribution is 2.21. The van der Waals surface area contributed by atoms with Gasteiger partial charge < -0.3 is 10.4 Å². The first-order valence-electron chi connectivity index (χ1n) is 4.95. The zero-order valence-corrected chi connectivity index (χ0v) is 9.79. The van der Waals surface area contributed by atoms with Gasteiger partial charge >= 0.3 is 0 Å². The average Bonchev–Trinajstić information content (AvgIpc) is 2.21. The fourth-order valence-electron chi connectivity index (χ4n) is 1.30. The number of carbonyl (C=O) groups is 1. The van der Waals surface area contributed by atoms with Gasteiger partial charge in [0.1, 0.15) is 5.75 Å². The minimum absolute atomic E-state index is 0.0246. The molecule has 0 saturated heterocycles. The number of benzene rings is 1. The van der Waals surface area contributed by atoms with Gasteiger partial charge in [0.2, 0.25) is 0 Å². The fraction of sp³-hybridized carbons (Fsp3) is 0.250. The number of phenolic OH excluding ortho intramolecular Hbond substituents is 1. The molecule has 1 unspecified atom stereocenters. The number of phenols is 1. The van der Waals surface area contributed by atoms with Crippen LogP contribution in [0, 0.1) is 0 Å². The normalized spacial score (nSPS) is 11.9. The van der Waals surface area contributed by atoms with Gasteiger partial charge in [-0.05, 0) is 31.5 Å². The Kier molecular flexibility index (Phi) is 4.38. The molecule has 0 aliphatic rings. The lowest BCUT2D eigenvalue weighted by molar-refractivity contribution is 0.0938. The minimum Gasteiger partial charge on any atom is -0.507 e. The van der Waals surface area contributed by atoms with Crippen LogP contribution in [0.25, 0.3) is 0 Å². The van der Waals surface area contributed by atoms with E-state index in [1.54, 1.807) is 6.08 Å². The number of hydrogen-bond donors (Lipinski definition) is 2.